The van der Waals surface area contributed by atoms with Crippen LogP contribution in [-0.4, -0.2) is 47.2 Å². The van der Waals surface area contributed by atoms with E-state index < -0.39 is 6.10 Å². The zero-order valence-electron chi connectivity index (χ0n) is 20.7. The standard InChI is InChI=1S/C27H34N4O4/c1-17-25-27(33)29-24(16-20-13-14-22(34-3)23(15-20)35-4)30-31(25)26(28-17)21(18(2)32)12-8-11-19-9-6-5-7-10-19/h5-7,9-10,13-15,18,21,24,30,32H,8,11-12,16H2,1-4H3,(H,29,33)/t18-,21+,24?/m1/s1. The molecule has 8 heteroatoms. The SMILES string of the molecule is COc1ccc(CC2NC(=O)c3c(C)nc([C@@H](CCCc4ccccc4)[C@@H](C)O)n3N2)cc1OC. The van der Waals surface area contributed by atoms with Crippen LogP contribution in [-0.2, 0) is 12.8 Å². The van der Waals surface area contributed by atoms with Gasteiger partial charge in [-0.15, -0.1) is 0 Å². The Hall–Kier alpha value is -3.52. The van der Waals surface area contributed by atoms with Crippen molar-refractivity contribution in [2.45, 2.75) is 57.7 Å². The molecule has 0 saturated heterocycles. The highest BCUT2D eigenvalue weighted by molar-refractivity contribution is 5.95. The summed E-state index contributed by atoms with van der Waals surface area (Å²) >= 11 is 0. The number of nitrogens with zero attached hydrogens (tertiary/aromatic N) is 2. The zero-order chi connectivity index (χ0) is 24.9. The van der Waals surface area contributed by atoms with Gasteiger partial charge >= 0.3 is 0 Å². The first-order chi connectivity index (χ1) is 16.9. The lowest BCUT2D eigenvalue weighted by molar-refractivity contribution is 0.0911. The van der Waals surface area contributed by atoms with Crippen LogP contribution in [0.15, 0.2) is 48.5 Å². The molecule has 3 N–H and O–H groups in total. The van der Waals surface area contributed by atoms with E-state index in [1.54, 1.807) is 25.8 Å². The van der Waals surface area contributed by atoms with Crippen molar-refractivity contribution in [3.8, 4) is 11.5 Å². The summed E-state index contributed by atoms with van der Waals surface area (Å²) in [7, 11) is 3.20. The Morgan fingerprint density at radius 2 is 1.83 bits per heavy atom. The van der Waals surface area contributed by atoms with Crippen LogP contribution in [0.4, 0.5) is 0 Å². The molecule has 4 rings (SSSR count). The monoisotopic (exact) mass is 478 g/mol. The molecule has 0 radical (unpaired) electrons. The number of imidazole rings is 1. The number of fused-ring (bicyclic) bond motifs is 1. The van der Waals surface area contributed by atoms with Crippen molar-refractivity contribution in [3.63, 3.8) is 0 Å². The maximum Gasteiger partial charge on any atom is 0.273 e. The molecule has 8 nitrogen and oxygen atoms in total. The molecule has 3 aromatic rings. The van der Waals surface area contributed by atoms with E-state index in [2.05, 4.69) is 22.9 Å². The first-order valence-electron chi connectivity index (χ1n) is 12.0. The number of hydrogen-bond donors (Lipinski definition) is 3. The second kappa shape index (κ2) is 10.8. The molecule has 3 atom stereocenters. The molecule has 0 fully saturated rings. The molecule has 1 aliphatic heterocycles. The summed E-state index contributed by atoms with van der Waals surface area (Å²) in [5.41, 5.74) is 6.79. The van der Waals surface area contributed by atoms with Crippen molar-refractivity contribution in [2.75, 3.05) is 19.6 Å². The number of aryl methyl sites for hydroxylation is 2. The highest BCUT2D eigenvalue weighted by atomic mass is 16.5. The van der Waals surface area contributed by atoms with Crippen LogP contribution in [0.5, 0.6) is 11.5 Å². The fourth-order valence-corrected chi connectivity index (χ4v) is 4.71. The highest BCUT2D eigenvalue weighted by Gasteiger charge is 2.33. The largest absolute Gasteiger partial charge is 0.493 e. The molecule has 2 aromatic carbocycles. The number of carbonyl (C=O) groups excluding carboxylic acids is 1. The van der Waals surface area contributed by atoms with Gasteiger partial charge in [-0.1, -0.05) is 36.4 Å². The number of methoxy groups -OCH3 is 2. The lowest BCUT2D eigenvalue weighted by Gasteiger charge is -2.31. The van der Waals surface area contributed by atoms with Gasteiger partial charge in [-0.25, -0.2) is 9.66 Å². The molecular weight excluding hydrogens is 444 g/mol. The van der Waals surface area contributed by atoms with E-state index >= 15 is 0 Å². The maximum atomic E-state index is 13.0. The van der Waals surface area contributed by atoms with Gasteiger partial charge in [0, 0.05) is 12.3 Å². The van der Waals surface area contributed by atoms with Gasteiger partial charge in [-0.2, -0.15) is 0 Å². The van der Waals surface area contributed by atoms with Crippen LogP contribution in [0.3, 0.4) is 0 Å². The maximum absolute atomic E-state index is 13.0. The Morgan fingerprint density at radius 3 is 2.51 bits per heavy atom. The second-order valence-electron chi connectivity index (χ2n) is 9.01. The third-order valence-corrected chi connectivity index (χ3v) is 6.51. The number of benzene rings is 2. The summed E-state index contributed by atoms with van der Waals surface area (Å²) in [5.74, 6) is 1.60. The van der Waals surface area contributed by atoms with Crippen molar-refractivity contribution in [3.05, 3.63) is 76.9 Å². The summed E-state index contributed by atoms with van der Waals surface area (Å²) in [5, 5.41) is 13.7. The third-order valence-electron chi connectivity index (χ3n) is 6.51. The summed E-state index contributed by atoms with van der Waals surface area (Å²) in [6, 6.07) is 16.0. The molecule has 0 bridgehead atoms. The predicted octanol–water partition coefficient (Wildman–Crippen LogP) is 3.55. The number of aromatic nitrogens is 2. The number of carbonyl (C=O) groups is 1. The van der Waals surface area contributed by atoms with Gasteiger partial charge in [0.2, 0.25) is 0 Å². The van der Waals surface area contributed by atoms with Crippen LogP contribution >= 0.6 is 0 Å². The van der Waals surface area contributed by atoms with E-state index in [1.807, 2.05) is 43.3 Å². The first kappa shape index (κ1) is 24.6. The second-order valence-corrected chi connectivity index (χ2v) is 9.01. The van der Waals surface area contributed by atoms with Gasteiger partial charge in [-0.3, -0.25) is 4.79 Å². The Labute approximate surface area is 206 Å². The molecule has 1 aliphatic rings. The van der Waals surface area contributed by atoms with Gasteiger partial charge < -0.3 is 25.3 Å². The van der Waals surface area contributed by atoms with Gasteiger partial charge in [0.1, 0.15) is 12.0 Å². The zero-order valence-corrected chi connectivity index (χ0v) is 20.7. The summed E-state index contributed by atoms with van der Waals surface area (Å²) in [6.45, 7) is 3.61. The molecule has 2 heterocycles. The van der Waals surface area contributed by atoms with E-state index in [1.165, 1.54) is 5.56 Å². The predicted molar refractivity (Wildman–Crippen MR) is 135 cm³/mol. The number of rotatable bonds is 10. The van der Waals surface area contributed by atoms with Gasteiger partial charge in [0.05, 0.1) is 26.0 Å². The van der Waals surface area contributed by atoms with Crippen LogP contribution < -0.4 is 20.2 Å². The Balaban J connectivity index is 1.53. The first-order valence-corrected chi connectivity index (χ1v) is 12.0. The lowest BCUT2D eigenvalue weighted by Crippen LogP contribution is -2.52. The number of aliphatic hydroxyl groups is 1. The number of aliphatic hydroxyl groups excluding tert-OH is 1. The molecule has 1 aromatic heterocycles. The Kier molecular flexibility index (Phi) is 7.60. The van der Waals surface area contributed by atoms with Gasteiger partial charge in [0.25, 0.3) is 5.91 Å². The minimum Gasteiger partial charge on any atom is -0.493 e. The molecule has 186 valence electrons. The summed E-state index contributed by atoms with van der Waals surface area (Å²) < 4.78 is 12.5. The highest BCUT2D eigenvalue weighted by Crippen LogP contribution is 2.30. The quantitative estimate of drug-likeness (QED) is 0.412. The molecule has 1 unspecified atom stereocenters. The Morgan fingerprint density at radius 1 is 1.09 bits per heavy atom. The Bertz CT molecular complexity index is 1160. The van der Waals surface area contributed by atoms with Crippen molar-refractivity contribution in [1.82, 2.24) is 15.0 Å². The van der Waals surface area contributed by atoms with E-state index in [0.717, 1.165) is 24.8 Å². The molecule has 0 saturated carbocycles. The number of amides is 1. The minimum atomic E-state index is -0.604. The molecule has 0 spiro atoms. The van der Waals surface area contributed by atoms with Crippen LogP contribution in [0.25, 0.3) is 0 Å². The topological polar surface area (TPSA) is 97.6 Å². The average molecular weight is 479 g/mol. The van der Waals surface area contributed by atoms with E-state index in [4.69, 9.17) is 14.5 Å². The molecule has 35 heavy (non-hydrogen) atoms. The fraction of sp³-hybridized carbons (Fsp3) is 0.407. The number of hydrogen-bond acceptors (Lipinski definition) is 6. The van der Waals surface area contributed by atoms with Crippen LogP contribution in [0.2, 0.25) is 0 Å². The van der Waals surface area contributed by atoms with Crippen molar-refractivity contribution in [2.24, 2.45) is 0 Å². The van der Waals surface area contributed by atoms with Gasteiger partial charge in [0.15, 0.2) is 17.2 Å². The van der Waals surface area contributed by atoms with Crippen LogP contribution in [0.1, 0.15) is 58.8 Å². The number of nitrogens with one attached hydrogen (secondary N) is 2. The summed E-state index contributed by atoms with van der Waals surface area (Å²) in [4.78, 5) is 17.7. The lowest BCUT2D eigenvalue weighted by atomic mass is 9.94. The average Bonchev–Trinajstić information content (AvgIpc) is 3.18. The van der Waals surface area contributed by atoms with Crippen molar-refractivity contribution >= 4 is 5.91 Å². The smallest absolute Gasteiger partial charge is 0.273 e. The molecule has 0 aliphatic carbocycles. The minimum absolute atomic E-state index is 0.181. The molecular formula is C27H34N4O4. The molecule has 1 amide bonds. The van der Waals surface area contributed by atoms with E-state index in [-0.39, 0.29) is 18.0 Å². The number of ether oxygens (including phenoxy) is 2. The van der Waals surface area contributed by atoms with Crippen LogP contribution in [0, 0.1) is 6.92 Å². The normalized spacial score (nSPS) is 16.6. The summed E-state index contributed by atoms with van der Waals surface area (Å²) in [6.07, 6.45) is 2.17. The van der Waals surface area contributed by atoms with E-state index in [0.29, 0.717) is 35.1 Å². The van der Waals surface area contributed by atoms with E-state index in [9.17, 15) is 9.90 Å². The fourth-order valence-electron chi connectivity index (χ4n) is 4.71. The van der Waals surface area contributed by atoms with Crippen molar-refractivity contribution < 1.29 is 19.4 Å². The van der Waals surface area contributed by atoms with Crippen molar-refractivity contribution in [1.29, 1.82) is 0 Å². The van der Waals surface area contributed by atoms with Gasteiger partial charge in [-0.05, 0) is 56.4 Å². The third kappa shape index (κ3) is 5.43.